The Balaban J connectivity index is 1.35. The number of aromatic nitrogens is 3. The second-order valence-corrected chi connectivity index (χ2v) is 5.73. The molecule has 8 heteroatoms. The minimum atomic E-state index is -0.344. The van der Waals surface area contributed by atoms with Gasteiger partial charge in [0.15, 0.2) is 0 Å². The van der Waals surface area contributed by atoms with Crippen LogP contribution in [-0.4, -0.2) is 39.1 Å². The molecule has 0 unspecified atom stereocenters. The van der Waals surface area contributed by atoms with Gasteiger partial charge in [0.25, 0.3) is 0 Å². The van der Waals surface area contributed by atoms with Crippen LogP contribution in [0.2, 0.25) is 0 Å². The molecule has 2 amide bonds. The zero-order valence-corrected chi connectivity index (χ0v) is 13.1. The Labute approximate surface area is 142 Å². The summed E-state index contributed by atoms with van der Waals surface area (Å²) in [6.07, 6.45) is 3.33. The lowest BCUT2D eigenvalue weighted by Gasteiger charge is -2.36. The van der Waals surface area contributed by atoms with Gasteiger partial charge in [-0.25, -0.2) is 9.18 Å². The SMILES string of the molecule is O=C(Nc1ccc(F)cc1)N1CC(c2nc(-c3ccncc3)no2)C1. The van der Waals surface area contributed by atoms with Gasteiger partial charge in [-0.05, 0) is 36.4 Å². The predicted octanol–water partition coefficient (Wildman–Crippen LogP) is 2.90. The van der Waals surface area contributed by atoms with E-state index in [2.05, 4.69) is 20.4 Å². The predicted molar refractivity (Wildman–Crippen MR) is 87.3 cm³/mol. The lowest BCUT2D eigenvalue weighted by Crippen LogP contribution is -2.50. The van der Waals surface area contributed by atoms with Gasteiger partial charge < -0.3 is 14.7 Å². The molecule has 1 N–H and O–H groups in total. The van der Waals surface area contributed by atoms with Gasteiger partial charge in [0, 0.05) is 36.7 Å². The number of halogens is 1. The lowest BCUT2D eigenvalue weighted by atomic mass is 10.0. The third-order valence-electron chi connectivity index (χ3n) is 3.99. The molecule has 0 atom stereocenters. The van der Waals surface area contributed by atoms with Crippen LogP contribution in [0.25, 0.3) is 11.4 Å². The van der Waals surface area contributed by atoms with Gasteiger partial charge in [-0.1, -0.05) is 5.16 Å². The van der Waals surface area contributed by atoms with E-state index in [0.717, 1.165) is 5.56 Å². The summed E-state index contributed by atoms with van der Waals surface area (Å²) in [5.74, 6) is 0.690. The van der Waals surface area contributed by atoms with E-state index in [1.54, 1.807) is 29.4 Å². The van der Waals surface area contributed by atoms with E-state index in [1.807, 2.05) is 0 Å². The maximum absolute atomic E-state index is 12.9. The quantitative estimate of drug-likeness (QED) is 0.793. The van der Waals surface area contributed by atoms with Crippen molar-refractivity contribution >= 4 is 11.7 Å². The molecule has 126 valence electrons. The standard InChI is InChI=1S/C17H14FN5O2/c18-13-1-3-14(4-2-13)20-17(24)23-9-12(10-23)16-21-15(22-25-16)11-5-7-19-8-6-11/h1-8,12H,9-10H2,(H,20,24). The molecule has 0 aliphatic carbocycles. The van der Waals surface area contributed by atoms with Crippen LogP contribution in [-0.2, 0) is 0 Å². The van der Waals surface area contributed by atoms with Crippen LogP contribution in [0.15, 0.2) is 53.3 Å². The first-order valence-electron chi connectivity index (χ1n) is 7.74. The Morgan fingerprint density at radius 1 is 1.16 bits per heavy atom. The van der Waals surface area contributed by atoms with Gasteiger partial charge in [-0.3, -0.25) is 4.98 Å². The van der Waals surface area contributed by atoms with Crippen LogP contribution in [0, 0.1) is 5.82 Å². The number of likely N-dealkylation sites (tertiary alicyclic amines) is 1. The van der Waals surface area contributed by atoms with Crippen molar-refractivity contribution in [1.29, 1.82) is 0 Å². The number of nitrogens with one attached hydrogen (secondary N) is 1. The number of amides is 2. The van der Waals surface area contributed by atoms with Gasteiger partial charge >= 0.3 is 6.03 Å². The molecule has 1 aliphatic rings. The summed E-state index contributed by atoms with van der Waals surface area (Å²) in [6, 6.07) is 9.00. The van der Waals surface area contributed by atoms with Crippen LogP contribution in [0.5, 0.6) is 0 Å². The fourth-order valence-corrected chi connectivity index (χ4v) is 2.56. The van der Waals surface area contributed by atoms with Gasteiger partial charge in [-0.15, -0.1) is 0 Å². The third kappa shape index (κ3) is 3.18. The van der Waals surface area contributed by atoms with Crippen LogP contribution in [0.3, 0.4) is 0 Å². The zero-order chi connectivity index (χ0) is 17.2. The van der Waals surface area contributed by atoms with E-state index < -0.39 is 0 Å². The van der Waals surface area contributed by atoms with Crippen molar-refractivity contribution in [3.63, 3.8) is 0 Å². The van der Waals surface area contributed by atoms with Crippen molar-refractivity contribution < 1.29 is 13.7 Å². The number of nitrogens with zero attached hydrogens (tertiary/aromatic N) is 4. The number of urea groups is 1. The highest BCUT2D eigenvalue weighted by molar-refractivity contribution is 5.89. The second-order valence-electron chi connectivity index (χ2n) is 5.73. The summed E-state index contributed by atoms with van der Waals surface area (Å²) >= 11 is 0. The highest BCUT2D eigenvalue weighted by Gasteiger charge is 2.35. The maximum atomic E-state index is 12.9. The molecule has 7 nitrogen and oxygen atoms in total. The molecule has 4 rings (SSSR count). The highest BCUT2D eigenvalue weighted by Crippen LogP contribution is 2.28. The first-order valence-corrected chi connectivity index (χ1v) is 7.74. The summed E-state index contributed by atoms with van der Waals surface area (Å²) in [5.41, 5.74) is 1.38. The summed E-state index contributed by atoms with van der Waals surface area (Å²) < 4.78 is 18.2. The van der Waals surface area contributed by atoms with E-state index in [-0.39, 0.29) is 17.8 Å². The van der Waals surface area contributed by atoms with Crippen molar-refractivity contribution in [2.75, 3.05) is 18.4 Å². The summed E-state index contributed by atoms with van der Waals surface area (Å²) in [6.45, 7) is 0.982. The van der Waals surface area contributed by atoms with Crippen molar-refractivity contribution in [2.45, 2.75) is 5.92 Å². The largest absolute Gasteiger partial charge is 0.339 e. The number of benzene rings is 1. The van der Waals surface area contributed by atoms with Crippen LogP contribution < -0.4 is 5.32 Å². The van der Waals surface area contributed by atoms with Crippen LogP contribution in [0.4, 0.5) is 14.9 Å². The minimum Gasteiger partial charge on any atom is -0.339 e. The first kappa shape index (κ1) is 15.3. The molecular weight excluding hydrogens is 325 g/mol. The monoisotopic (exact) mass is 339 g/mol. The van der Waals surface area contributed by atoms with E-state index >= 15 is 0 Å². The number of hydrogen-bond donors (Lipinski definition) is 1. The average Bonchev–Trinajstić information content (AvgIpc) is 3.06. The van der Waals surface area contributed by atoms with E-state index in [4.69, 9.17) is 4.52 Å². The summed E-state index contributed by atoms with van der Waals surface area (Å²) in [4.78, 5) is 22.1. The Hall–Kier alpha value is -3.29. The number of anilines is 1. The first-order chi connectivity index (χ1) is 12.2. The fourth-order valence-electron chi connectivity index (χ4n) is 2.56. The molecule has 1 fully saturated rings. The molecule has 1 saturated heterocycles. The third-order valence-corrected chi connectivity index (χ3v) is 3.99. The normalized spacial score (nSPS) is 14.2. The van der Waals surface area contributed by atoms with Crippen molar-refractivity contribution in [3.8, 4) is 11.4 Å². The molecule has 0 radical (unpaired) electrons. The molecular formula is C17H14FN5O2. The molecule has 3 aromatic rings. The Morgan fingerprint density at radius 3 is 2.60 bits per heavy atom. The van der Waals surface area contributed by atoms with Gasteiger partial charge in [0.1, 0.15) is 5.82 Å². The summed E-state index contributed by atoms with van der Waals surface area (Å²) in [5, 5.41) is 6.69. The second kappa shape index (κ2) is 6.31. The molecule has 25 heavy (non-hydrogen) atoms. The molecule has 0 bridgehead atoms. The van der Waals surface area contributed by atoms with E-state index in [9.17, 15) is 9.18 Å². The fraction of sp³-hybridized carbons (Fsp3) is 0.176. The minimum absolute atomic E-state index is 0.0158. The van der Waals surface area contributed by atoms with E-state index in [0.29, 0.717) is 30.5 Å². The lowest BCUT2D eigenvalue weighted by molar-refractivity contribution is 0.147. The molecule has 3 heterocycles. The molecule has 1 aromatic carbocycles. The van der Waals surface area contributed by atoms with Crippen molar-refractivity contribution in [2.24, 2.45) is 0 Å². The number of carbonyl (C=O) groups is 1. The molecule has 1 aliphatic heterocycles. The topological polar surface area (TPSA) is 84.2 Å². The number of pyridine rings is 1. The smallest absolute Gasteiger partial charge is 0.321 e. The molecule has 0 saturated carbocycles. The van der Waals surface area contributed by atoms with Crippen molar-refractivity contribution in [3.05, 3.63) is 60.5 Å². The molecule has 2 aromatic heterocycles. The number of hydrogen-bond acceptors (Lipinski definition) is 5. The van der Waals surface area contributed by atoms with Gasteiger partial charge in [-0.2, -0.15) is 4.98 Å². The van der Waals surface area contributed by atoms with Crippen LogP contribution >= 0.6 is 0 Å². The number of carbonyl (C=O) groups excluding carboxylic acids is 1. The average molecular weight is 339 g/mol. The zero-order valence-electron chi connectivity index (χ0n) is 13.1. The van der Waals surface area contributed by atoms with Gasteiger partial charge in [0.2, 0.25) is 11.7 Å². The Morgan fingerprint density at radius 2 is 1.88 bits per heavy atom. The van der Waals surface area contributed by atoms with Crippen LogP contribution in [0.1, 0.15) is 11.8 Å². The van der Waals surface area contributed by atoms with Gasteiger partial charge in [0.05, 0.1) is 5.92 Å². The Bertz CT molecular complexity index is 876. The summed E-state index contributed by atoms with van der Waals surface area (Å²) in [7, 11) is 0. The maximum Gasteiger partial charge on any atom is 0.321 e. The molecule has 0 spiro atoms. The highest BCUT2D eigenvalue weighted by atomic mass is 19.1. The number of rotatable bonds is 3. The Kier molecular flexibility index (Phi) is 3.85. The van der Waals surface area contributed by atoms with Crippen molar-refractivity contribution in [1.82, 2.24) is 20.0 Å². The van der Waals surface area contributed by atoms with E-state index in [1.165, 1.54) is 24.3 Å².